The number of anilines is 1. The third-order valence-corrected chi connectivity index (χ3v) is 3.92. The number of nitrogens with zero attached hydrogens (tertiary/aromatic N) is 2. The van der Waals surface area contributed by atoms with Crippen molar-refractivity contribution < 1.29 is 0 Å². The van der Waals surface area contributed by atoms with Crippen LogP contribution in [0.3, 0.4) is 0 Å². The third-order valence-electron chi connectivity index (χ3n) is 3.92. The van der Waals surface area contributed by atoms with Gasteiger partial charge in [0.1, 0.15) is 11.9 Å². The van der Waals surface area contributed by atoms with E-state index in [-0.39, 0.29) is 5.41 Å². The zero-order valence-corrected chi connectivity index (χ0v) is 11.8. The maximum absolute atomic E-state index is 9.09. The second kappa shape index (κ2) is 4.44. The summed E-state index contributed by atoms with van der Waals surface area (Å²) in [6.45, 7) is 13.8. The van der Waals surface area contributed by atoms with Crippen LogP contribution in [0.5, 0.6) is 0 Å². The van der Waals surface area contributed by atoms with Gasteiger partial charge in [0.25, 0.3) is 0 Å². The highest BCUT2D eigenvalue weighted by Crippen LogP contribution is 2.30. The van der Waals surface area contributed by atoms with E-state index in [9.17, 15) is 0 Å². The van der Waals surface area contributed by atoms with Gasteiger partial charge in [0.2, 0.25) is 0 Å². The smallest absolute Gasteiger partial charge is 0.122 e. The monoisotopic (exact) mass is 233 g/mol. The van der Waals surface area contributed by atoms with Gasteiger partial charge in [-0.05, 0) is 30.7 Å². The molecule has 0 aliphatic heterocycles. The first-order chi connectivity index (χ1) is 7.70. The van der Waals surface area contributed by atoms with Crippen molar-refractivity contribution in [1.29, 1.82) is 5.26 Å². The van der Waals surface area contributed by atoms with Gasteiger partial charge >= 0.3 is 0 Å². The van der Waals surface area contributed by atoms with Crippen LogP contribution in [0.1, 0.15) is 44.5 Å². The first kappa shape index (κ1) is 13.6. The van der Waals surface area contributed by atoms with Gasteiger partial charge in [-0.25, -0.2) is 0 Å². The largest absolute Gasteiger partial charge is 0.384 e. The molecule has 0 bridgehead atoms. The number of rotatable bonds is 2. The minimum Gasteiger partial charge on any atom is -0.384 e. The molecule has 1 heterocycles. The summed E-state index contributed by atoms with van der Waals surface area (Å²) in [5.41, 5.74) is 9.03. The number of nitriles is 1. The molecule has 0 aromatic carbocycles. The van der Waals surface area contributed by atoms with Gasteiger partial charge in [-0.3, -0.25) is 0 Å². The lowest BCUT2D eigenvalue weighted by molar-refractivity contribution is 0.233. The van der Waals surface area contributed by atoms with E-state index in [1.165, 1.54) is 0 Å². The lowest BCUT2D eigenvalue weighted by Gasteiger charge is -2.28. The molecule has 1 aromatic heterocycles. The Hall–Kier alpha value is -1.43. The molecule has 0 saturated heterocycles. The first-order valence-corrected chi connectivity index (χ1v) is 6.05. The standard InChI is InChI=1S/C14H23N3/c1-9(14(4,5)6)8-17-11(3)10(2)12(7-15)13(17)16/h9H,8,16H2,1-6H3. The summed E-state index contributed by atoms with van der Waals surface area (Å²) in [6, 6.07) is 2.19. The van der Waals surface area contributed by atoms with Crippen LogP contribution in [0.25, 0.3) is 0 Å². The molecule has 0 spiro atoms. The Kier molecular flexibility index (Phi) is 3.56. The van der Waals surface area contributed by atoms with E-state index in [4.69, 9.17) is 11.0 Å². The normalized spacial score (nSPS) is 13.5. The third kappa shape index (κ3) is 2.46. The van der Waals surface area contributed by atoms with Crippen LogP contribution in [0.15, 0.2) is 0 Å². The fourth-order valence-electron chi connectivity index (χ4n) is 1.82. The summed E-state index contributed by atoms with van der Waals surface area (Å²) in [5, 5.41) is 9.09. The Morgan fingerprint density at radius 2 is 1.88 bits per heavy atom. The number of nitrogen functional groups attached to an aromatic ring is 1. The summed E-state index contributed by atoms with van der Waals surface area (Å²) in [4.78, 5) is 0. The first-order valence-electron chi connectivity index (χ1n) is 6.05. The van der Waals surface area contributed by atoms with E-state index in [0.717, 1.165) is 17.8 Å². The van der Waals surface area contributed by atoms with E-state index >= 15 is 0 Å². The molecule has 0 fully saturated rings. The summed E-state index contributed by atoms with van der Waals surface area (Å²) < 4.78 is 2.07. The maximum Gasteiger partial charge on any atom is 0.122 e. The van der Waals surface area contributed by atoms with Gasteiger partial charge in [-0.1, -0.05) is 27.7 Å². The van der Waals surface area contributed by atoms with E-state index in [1.54, 1.807) is 0 Å². The average Bonchev–Trinajstić information content (AvgIpc) is 2.41. The number of hydrogen-bond acceptors (Lipinski definition) is 2. The Labute approximate surface area is 104 Å². The van der Waals surface area contributed by atoms with Crippen LogP contribution in [-0.2, 0) is 6.54 Å². The molecule has 0 aliphatic carbocycles. The van der Waals surface area contributed by atoms with Crippen molar-refractivity contribution in [2.45, 2.75) is 48.1 Å². The molecule has 3 heteroatoms. The molecule has 0 amide bonds. The highest BCUT2D eigenvalue weighted by molar-refractivity contribution is 5.57. The molecule has 1 aromatic rings. The van der Waals surface area contributed by atoms with Gasteiger partial charge in [-0.15, -0.1) is 0 Å². The van der Waals surface area contributed by atoms with Crippen LogP contribution < -0.4 is 5.73 Å². The van der Waals surface area contributed by atoms with Gasteiger partial charge in [0.15, 0.2) is 0 Å². The fourth-order valence-corrected chi connectivity index (χ4v) is 1.82. The van der Waals surface area contributed by atoms with Crippen LogP contribution in [0.2, 0.25) is 0 Å². The van der Waals surface area contributed by atoms with Crippen molar-refractivity contribution in [1.82, 2.24) is 4.57 Å². The number of aromatic nitrogens is 1. The minimum atomic E-state index is 0.240. The van der Waals surface area contributed by atoms with E-state index in [2.05, 4.69) is 38.3 Å². The van der Waals surface area contributed by atoms with Crippen LogP contribution >= 0.6 is 0 Å². The lowest BCUT2D eigenvalue weighted by Crippen LogP contribution is -2.23. The summed E-state index contributed by atoms with van der Waals surface area (Å²) in [6.07, 6.45) is 0. The highest BCUT2D eigenvalue weighted by Gasteiger charge is 2.23. The molecule has 1 rings (SSSR count). The van der Waals surface area contributed by atoms with E-state index in [1.807, 2.05) is 13.8 Å². The molecule has 3 nitrogen and oxygen atoms in total. The van der Waals surface area contributed by atoms with E-state index < -0.39 is 0 Å². The van der Waals surface area contributed by atoms with Gasteiger partial charge < -0.3 is 10.3 Å². The predicted molar refractivity (Wildman–Crippen MR) is 71.7 cm³/mol. The van der Waals surface area contributed by atoms with Crippen LogP contribution in [0.4, 0.5) is 5.82 Å². The Bertz CT molecular complexity index is 455. The second-order valence-corrected chi connectivity index (χ2v) is 5.96. The predicted octanol–water partition coefficient (Wildman–Crippen LogP) is 3.24. The Morgan fingerprint density at radius 3 is 2.24 bits per heavy atom. The zero-order valence-electron chi connectivity index (χ0n) is 11.8. The molecule has 17 heavy (non-hydrogen) atoms. The molecular weight excluding hydrogens is 210 g/mol. The van der Waals surface area contributed by atoms with Crippen molar-refractivity contribution in [3.8, 4) is 6.07 Å². The highest BCUT2D eigenvalue weighted by atomic mass is 15.1. The Morgan fingerprint density at radius 1 is 1.35 bits per heavy atom. The van der Waals surface area contributed by atoms with Crippen molar-refractivity contribution in [3.05, 3.63) is 16.8 Å². The summed E-state index contributed by atoms with van der Waals surface area (Å²) in [5.74, 6) is 1.11. The molecule has 0 saturated carbocycles. The van der Waals surface area contributed by atoms with Gasteiger partial charge in [-0.2, -0.15) is 5.26 Å². The fraction of sp³-hybridized carbons (Fsp3) is 0.643. The zero-order chi connectivity index (χ0) is 13.4. The van der Waals surface area contributed by atoms with Gasteiger partial charge in [0.05, 0.1) is 5.56 Å². The molecule has 2 N–H and O–H groups in total. The van der Waals surface area contributed by atoms with Crippen molar-refractivity contribution >= 4 is 5.82 Å². The molecule has 94 valence electrons. The number of hydrogen-bond donors (Lipinski definition) is 1. The van der Waals surface area contributed by atoms with Crippen molar-refractivity contribution in [2.75, 3.05) is 5.73 Å². The SMILES string of the molecule is Cc1c(C#N)c(N)n(CC(C)C(C)(C)C)c1C. The second-order valence-electron chi connectivity index (χ2n) is 5.96. The average molecular weight is 233 g/mol. The summed E-state index contributed by atoms with van der Waals surface area (Å²) >= 11 is 0. The molecule has 1 unspecified atom stereocenters. The minimum absolute atomic E-state index is 0.240. The quantitative estimate of drug-likeness (QED) is 0.852. The molecule has 0 aliphatic rings. The summed E-state index contributed by atoms with van der Waals surface area (Å²) in [7, 11) is 0. The van der Waals surface area contributed by atoms with Gasteiger partial charge in [0, 0.05) is 12.2 Å². The van der Waals surface area contributed by atoms with Crippen LogP contribution in [-0.4, -0.2) is 4.57 Å². The topological polar surface area (TPSA) is 54.7 Å². The molecule has 1 atom stereocenters. The van der Waals surface area contributed by atoms with E-state index in [0.29, 0.717) is 17.3 Å². The van der Waals surface area contributed by atoms with Crippen LogP contribution in [0, 0.1) is 36.5 Å². The number of nitrogens with two attached hydrogens (primary N) is 1. The van der Waals surface area contributed by atoms with Crippen molar-refractivity contribution in [2.24, 2.45) is 11.3 Å². The maximum atomic E-state index is 9.09. The Balaban J connectivity index is 3.14. The van der Waals surface area contributed by atoms with Crippen molar-refractivity contribution in [3.63, 3.8) is 0 Å². The lowest BCUT2D eigenvalue weighted by atomic mass is 9.82. The molecular formula is C14H23N3. The molecule has 0 radical (unpaired) electrons.